The predicted octanol–water partition coefficient (Wildman–Crippen LogP) is 1.07. The van der Waals surface area contributed by atoms with Crippen LogP contribution in [0.5, 0.6) is 0 Å². The summed E-state index contributed by atoms with van der Waals surface area (Å²) in [6.07, 6.45) is 1.09. The second-order valence-corrected chi connectivity index (χ2v) is 2.28. The van der Waals surface area contributed by atoms with E-state index in [0.717, 1.165) is 0 Å². The van der Waals surface area contributed by atoms with Crippen molar-refractivity contribution in [1.82, 2.24) is 0 Å². The minimum atomic E-state index is -0.622. The molecule has 0 aromatic heterocycles. The Morgan fingerprint density at radius 3 is 2.85 bits per heavy atom. The first kappa shape index (κ1) is 11.4. The number of carbonyl (C=O) groups is 1. The van der Waals surface area contributed by atoms with Crippen LogP contribution in [0.1, 0.15) is 26.2 Å². The van der Waals surface area contributed by atoms with Gasteiger partial charge in [0.25, 0.3) is 0 Å². The number of nitrogens with zero attached hydrogens (tertiary/aromatic N) is 2. The lowest BCUT2D eigenvalue weighted by Crippen LogP contribution is -2.17. The third-order valence-corrected chi connectivity index (χ3v) is 1.33. The van der Waals surface area contributed by atoms with Gasteiger partial charge in [-0.25, -0.2) is 4.79 Å². The first-order chi connectivity index (χ1) is 6.26. The van der Waals surface area contributed by atoms with Gasteiger partial charge in [-0.3, -0.25) is 0 Å². The molecule has 0 radical (unpaired) electrons. The Labute approximate surface area is 76.6 Å². The molecule has 0 rings (SSSR count). The molecule has 0 unspecified atom stereocenters. The molecule has 0 heterocycles. The van der Waals surface area contributed by atoms with Gasteiger partial charge in [-0.2, -0.15) is 5.26 Å². The Balaban J connectivity index is 3.91. The molecule has 0 spiro atoms. The average molecular weight is 184 g/mol. The van der Waals surface area contributed by atoms with Gasteiger partial charge in [-0.05, 0) is 13.3 Å². The molecular weight excluding hydrogens is 172 g/mol. The third-order valence-electron chi connectivity index (χ3n) is 1.33. The van der Waals surface area contributed by atoms with E-state index in [0.29, 0.717) is 12.8 Å². The fraction of sp³-hybridized carbons (Fsp3) is 0.625. The maximum absolute atomic E-state index is 11.0. The van der Waals surface area contributed by atoms with E-state index in [4.69, 9.17) is 10.5 Å². The summed E-state index contributed by atoms with van der Waals surface area (Å²) in [4.78, 5) is 11.0. The van der Waals surface area contributed by atoms with E-state index in [1.54, 1.807) is 6.92 Å². The van der Waals surface area contributed by atoms with Crippen molar-refractivity contribution in [2.24, 2.45) is 5.16 Å². The summed E-state index contributed by atoms with van der Waals surface area (Å²) in [6, 6.07) is 1.93. The molecule has 0 aliphatic rings. The van der Waals surface area contributed by atoms with Crippen molar-refractivity contribution in [3.8, 4) is 6.07 Å². The summed E-state index contributed by atoms with van der Waals surface area (Å²) in [5.41, 5.74) is -0.0305. The SMILES string of the molecule is CCOC(=O)/C(CCCC#N)=N/O. The topological polar surface area (TPSA) is 82.7 Å². The zero-order valence-electron chi connectivity index (χ0n) is 7.49. The van der Waals surface area contributed by atoms with Crippen LogP contribution in [0.2, 0.25) is 0 Å². The van der Waals surface area contributed by atoms with Crippen molar-refractivity contribution in [3.63, 3.8) is 0 Å². The van der Waals surface area contributed by atoms with E-state index in [1.807, 2.05) is 6.07 Å². The van der Waals surface area contributed by atoms with Gasteiger partial charge in [-0.1, -0.05) is 5.16 Å². The lowest BCUT2D eigenvalue weighted by molar-refractivity contribution is -0.135. The molecule has 13 heavy (non-hydrogen) atoms. The van der Waals surface area contributed by atoms with Crippen LogP contribution in [0.25, 0.3) is 0 Å². The molecule has 0 amide bonds. The fourth-order valence-corrected chi connectivity index (χ4v) is 0.742. The summed E-state index contributed by atoms with van der Waals surface area (Å²) >= 11 is 0. The minimum Gasteiger partial charge on any atom is -0.461 e. The molecule has 0 saturated carbocycles. The van der Waals surface area contributed by atoms with Gasteiger partial charge in [0.1, 0.15) is 0 Å². The largest absolute Gasteiger partial charge is 0.461 e. The molecule has 1 N–H and O–H groups in total. The number of hydrogen-bond acceptors (Lipinski definition) is 5. The zero-order chi connectivity index (χ0) is 10.1. The lowest BCUT2D eigenvalue weighted by atomic mass is 10.2. The van der Waals surface area contributed by atoms with E-state index >= 15 is 0 Å². The highest BCUT2D eigenvalue weighted by Gasteiger charge is 2.12. The number of oxime groups is 1. The number of nitriles is 1. The highest BCUT2D eigenvalue weighted by Crippen LogP contribution is 1.98. The van der Waals surface area contributed by atoms with Crippen LogP contribution in [0.15, 0.2) is 5.16 Å². The van der Waals surface area contributed by atoms with E-state index in [9.17, 15) is 4.79 Å². The highest BCUT2D eigenvalue weighted by atomic mass is 16.5. The molecular formula is C8H12N2O3. The lowest BCUT2D eigenvalue weighted by Gasteiger charge is -2.01. The molecule has 5 heteroatoms. The van der Waals surface area contributed by atoms with Crippen molar-refractivity contribution in [3.05, 3.63) is 0 Å². The van der Waals surface area contributed by atoms with Crippen LogP contribution in [0, 0.1) is 11.3 Å². The molecule has 0 aliphatic heterocycles. The maximum atomic E-state index is 11.0. The van der Waals surface area contributed by atoms with Crippen LogP contribution in [0.3, 0.4) is 0 Å². The molecule has 0 aromatic rings. The van der Waals surface area contributed by atoms with E-state index in [1.165, 1.54) is 0 Å². The maximum Gasteiger partial charge on any atom is 0.356 e. The molecule has 0 atom stereocenters. The van der Waals surface area contributed by atoms with Gasteiger partial charge < -0.3 is 9.94 Å². The molecule has 0 fully saturated rings. The van der Waals surface area contributed by atoms with E-state index in [2.05, 4.69) is 9.89 Å². The average Bonchev–Trinajstić information content (AvgIpc) is 2.13. The van der Waals surface area contributed by atoms with Crippen LogP contribution in [-0.4, -0.2) is 23.5 Å². The number of esters is 1. The monoisotopic (exact) mass is 184 g/mol. The van der Waals surface area contributed by atoms with Gasteiger partial charge in [0.15, 0.2) is 5.71 Å². The molecule has 0 aromatic carbocycles. The van der Waals surface area contributed by atoms with Crippen molar-refractivity contribution >= 4 is 11.7 Å². The number of hydrogen-bond donors (Lipinski definition) is 1. The van der Waals surface area contributed by atoms with E-state index < -0.39 is 5.97 Å². The zero-order valence-corrected chi connectivity index (χ0v) is 7.49. The highest BCUT2D eigenvalue weighted by molar-refractivity contribution is 6.36. The van der Waals surface area contributed by atoms with Crippen molar-refractivity contribution in [1.29, 1.82) is 5.26 Å². The smallest absolute Gasteiger partial charge is 0.356 e. The minimum absolute atomic E-state index is 0.0305. The van der Waals surface area contributed by atoms with Crippen molar-refractivity contribution < 1.29 is 14.7 Å². The van der Waals surface area contributed by atoms with Crippen molar-refractivity contribution in [2.75, 3.05) is 6.61 Å². The summed E-state index contributed by atoms with van der Waals surface area (Å²) in [5, 5.41) is 19.5. The molecule has 5 nitrogen and oxygen atoms in total. The van der Waals surface area contributed by atoms with Gasteiger partial charge in [0, 0.05) is 12.8 Å². The quantitative estimate of drug-likeness (QED) is 0.228. The molecule has 0 aliphatic carbocycles. The van der Waals surface area contributed by atoms with Gasteiger partial charge in [0.2, 0.25) is 0 Å². The summed E-state index contributed by atoms with van der Waals surface area (Å²) in [6.45, 7) is 1.91. The predicted molar refractivity (Wildman–Crippen MR) is 45.3 cm³/mol. The van der Waals surface area contributed by atoms with Crippen LogP contribution >= 0.6 is 0 Å². The summed E-state index contributed by atoms with van der Waals surface area (Å²) in [7, 11) is 0. The first-order valence-electron chi connectivity index (χ1n) is 4.01. The van der Waals surface area contributed by atoms with Crippen molar-refractivity contribution in [2.45, 2.75) is 26.2 Å². The van der Waals surface area contributed by atoms with Crippen LogP contribution in [0.4, 0.5) is 0 Å². The number of rotatable bonds is 5. The van der Waals surface area contributed by atoms with Crippen LogP contribution in [-0.2, 0) is 9.53 Å². The third kappa shape index (κ3) is 4.80. The Morgan fingerprint density at radius 1 is 1.69 bits per heavy atom. The Hall–Kier alpha value is -1.57. The Bertz CT molecular complexity index is 230. The van der Waals surface area contributed by atoms with E-state index in [-0.39, 0.29) is 18.7 Å². The normalized spacial score (nSPS) is 10.6. The molecule has 72 valence electrons. The number of ether oxygens (including phenoxy) is 1. The fourth-order valence-electron chi connectivity index (χ4n) is 0.742. The second-order valence-electron chi connectivity index (χ2n) is 2.28. The van der Waals surface area contributed by atoms with Gasteiger partial charge in [-0.15, -0.1) is 0 Å². The number of carbonyl (C=O) groups excluding carboxylic acids is 1. The summed E-state index contributed by atoms with van der Waals surface area (Å²) < 4.78 is 4.61. The Kier molecular flexibility index (Phi) is 6.24. The molecule has 0 bridgehead atoms. The summed E-state index contributed by atoms with van der Waals surface area (Å²) in [5.74, 6) is -0.622. The number of unbranched alkanes of at least 4 members (excludes halogenated alkanes) is 1. The molecule has 0 saturated heterocycles. The standard InChI is InChI=1S/C8H12N2O3/c1-2-13-8(11)7(10-12)5-3-4-6-9/h12H,2-5H2,1H3/b10-7+. The first-order valence-corrected chi connectivity index (χ1v) is 4.01. The van der Waals surface area contributed by atoms with Gasteiger partial charge in [0.05, 0.1) is 12.7 Å². The van der Waals surface area contributed by atoms with Crippen LogP contribution < -0.4 is 0 Å². The Morgan fingerprint density at radius 2 is 2.38 bits per heavy atom. The second kappa shape index (κ2) is 7.10. The van der Waals surface area contributed by atoms with Gasteiger partial charge >= 0.3 is 5.97 Å².